The Bertz CT molecular complexity index is 512. The van der Waals surface area contributed by atoms with Crippen LogP contribution < -0.4 is 5.32 Å². The summed E-state index contributed by atoms with van der Waals surface area (Å²) in [6.07, 6.45) is 2.42. The quantitative estimate of drug-likeness (QED) is 0.898. The summed E-state index contributed by atoms with van der Waals surface area (Å²) in [5.74, 6) is -0.405. The van der Waals surface area contributed by atoms with Crippen molar-refractivity contribution in [3.63, 3.8) is 0 Å². The van der Waals surface area contributed by atoms with Crippen molar-refractivity contribution in [1.29, 1.82) is 0 Å². The highest BCUT2D eigenvalue weighted by molar-refractivity contribution is 6.44. The SMILES string of the molecule is O=C(Nc1cccc(Cl)c1Cl)c1cocn1. The van der Waals surface area contributed by atoms with Gasteiger partial charge in [-0.15, -0.1) is 0 Å². The molecule has 1 heterocycles. The second-order valence-corrected chi connectivity index (χ2v) is 3.71. The molecule has 2 rings (SSSR count). The van der Waals surface area contributed by atoms with E-state index in [9.17, 15) is 4.79 Å². The van der Waals surface area contributed by atoms with Crippen LogP contribution in [0.2, 0.25) is 10.0 Å². The molecule has 1 aromatic carbocycles. The van der Waals surface area contributed by atoms with Crippen LogP contribution in [-0.4, -0.2) is 10.9 Å². The van der Waals surface area contributed by atoms with Gasteiger partial charge in [0, 0.05) is 0 Å². The van der Waals surface area contributed by atoms with Crippen molar-refractivity contribution in [2.75, 3.05) is 5.32 Å². The van der Waals surface area contributed by atoms with E-state index < -0.39 is 5.91 Å². The molecule has 1 N–H and O–H groups in total. The summed E-state index contributed by atoms with van der Waals surface area (Å²) in [6, 6.07) is 4.97. The van der Waals surface area contributed by atoms with Crippen molar-refractivity contribution in [3.05, 3.63) is 46.6 Å². The van der Waals surface area contributed by atoms with Crippen LogP contribution >= 0.6 is 23.2 Å². The molecule has 0 atom stereocenters. The fraction of sp³-hybridized carbons (Fsp3) is 0. The average molecular weight is 257 g/mol. The van der Waals surface area contributed by atoms with Crippen molar-refractivity contribution in [3.8, 4) is 0 Å². The summed E-state index contributed by atoms with van der Waals surface area (Å²) in [5, 5.41) is 3.24. The topological polar surface area (TPSA) is 55.1 Å². The molecule has 0 bridgehead atoms. The third-order valence-electron chi connectivity index (χ3n) is 1.86. The van der Waals surface area contributed by atoms with E-state index in [2.05, 4.69) is 10.3 Å². The molecule has 16 heavy (non-hydrogen) atoms. The molecule has 0 unspecified atom stereocenters. The second-order valence-electron chi connectivity index (χ2n) is 2.93. The van der Waals surface area contributed by atoms with Crippen LogP contribution in [-0.2, 0) is 0 Å². The monoisotopic (exact) mass is 256 g/mol. The highest BCUT2D eigenvalue weighted by Gasteiger charge is 2.11. The zero-order valence-electron chi connectivity index (χ0n) is 7.91. The van der Waals surface area contributed by atoms with E-state index in [0.29, 0.717) is 15.7 Å². The first-order valence-corrected chi connectivity index (χ1v) is 5.07. The van der Waals surface area contributed by atoms with E-state index in [1.54, 1.807) is 18.2 Å². The minimum absolute atomic E-state index is 0.177. The lowest BCUT2D eigenvalue weighted by atomic mass is 10.3. The third-order valence-corrected chi connectivity index (χ3v) is 2.68. The number of nitrogens with zero attached hydrogens (tertiary/aromatic N) is 1. The fourth-order valence-corrected chi connectivity index (χ4v) is 1.46. The molecule has 82 valence electrons. The van der Waals surface area contributed by atoms with Crippen molar-refractivity contribution >= 4 is 34.8 Å². The Morgan fingerprint density at radius 2 is 2.19 bits per heavy atom. The number of rotatable bonds is 2. The third kappa shape index (κ3) is 2.18. The van der Waals surface area contributed by atoms with Gasteiger partial charge in [0.1, 0.15) is 6.26 Å². The summed E-state index contributed by atoms with van der Waals surface area (Å²) in [4.78, 5) is 15.3. The number of oxazole rings is 1. The Hall–Kier alpha value is -1.52. The highest BCUT2D eigenvalue weighted by atomic mass is 35.5. The number of halogens is 2. The second kappa shape index (κ2) is 4.55. The standard InChI is InChI=1S/C10H6Cl2N2O2/c11-6-2-1-3-7(9(6)12)14-10(15)8-4-16-5-13-8/h1-5H,(H,14,15). The average Bonchev–Trinajstić information content (AvgIpc) is 2.78. The smallest absolute Gasteiger partial charge is 0.277 e. The van der Waals surface area contributed by atoms with E-state index in [-0.39, 0.29) is 5.69 Å². The van der Waals surface area contributed by atoms with E-state index >= 15 is 0 Å². The first-order valence-electron chi connectivity index (χ1n) is 4.32. The molecule has 0 saturated carbocycles. The molecule has 0 saturated heterocycles. The Morgan fingerprint density at radius 1 is 1.38 bits per heavy atom. The molecular formula is C10H6Cl2N2O2. The Kier molecular flexibility index (Phi) is 3.12. The molecule has 0 spiro atoms. The lowest BCUT2D eigenvalue weighted by molar-refractivity contribution is 0.102. The number of nitrogens with one attached hydrogen (secondary N) is 1. The molecule has 1 amide bonds. The molecule has 6 heteroatoms. The Morgan fingerprint density at radius 3 is 2.88 bits per heavy atom. The lowest BCUT2D eigenvalue weighted by Gasteiger charge is -2.05. The van der Waals surface area contributed by atoms with E-state index in [1.165, 1.54) is 12.7 Å². The lowest BCUT2D eigenvalue weighted by Crippen LogP contribution is -2.12. The van der Waals surface area contributed by atoms with Gasteiger partial charge in [0.05, 0.1) is 15.7 Å². The first kappa shape index (κ1) is 11.0. The minimum atomic E-state index is -0.405. The summed E-state index contributed by atoms with van der Waals surface area (Å²) < 4.78 is 4.70. The van der Waals surface area contributed by atoms with E-state index in [0.717, 1.165) is 0 Å². The first-order chi connectivity index (χ1) is 7.68. The van der Waals surface area contributed by atoms with E-state index in [4.69, 9.17) is 27.6 Å². The maximum Gasteiger partial charge on any atom is 0.277 e. The largest absolute Gasteiger partial charge is 0.451 e. The van der Waals surface area contributed by atoms with Crippen molar-refractivity contribution in [2.24, 2.45) is 0 Å². The van der Waals surface area contributed by atoms with Gasteiger partial charge >= 0.3 is 0 Å². The number of hydrogen-bond donors (Lipinski definition) is 1. The van der Waals surface area contributed by atoms with Crippen LogP contribution in [0.1, 0.15) is 10.5 Å². The zero-order chi connectivity index (χ0) is 11.5. The molecule has 0 aliphatic rings. The van der Waals surface area contributed by atoms with Gasteiger partial charge in [-0.3, -0.25) is 4.79 Å². The molecule has 0 fully saturated rings. The van der Waals surface area contributed by atoms with Crippen molar-refractivity contribution in [1.82, 2.24) is 4.98 Å². The van der Waals surface area contributed by atoms with Gasteiger partial charge in [0.15, 0.2) is 12.1 Å². The van der Waals surface area contributed by atoms with Crippen LogP contribution in [0.4, 0.5) is 5.69 Å². The number of hydrogen-bond acceptors (Lipinski definition) is 3. The summed E-state index contributed by atoms with van der Waals surface area (Å²) in [7, 11) is 0. The van der Waals surface area contributed by atoms with Crippen LogP contribution in [0, 0.1) is 0 Å². The van der Waals surface area contributed by atoms with Gasteiger partial charge in [0.2, 0.25) is 0 Å². The van der Waals surface area contributed by atoms with Crippen LogP contribution in [0.15, 0.2) is 35.3 Å². The molecular weight excluding hydrogens is 251 g/mol. The van der Waals surface area contributed by atoms with Crippen LogP contribution in [0.3, 0.4) is 0 Å². The van der Waals surface area contributed by atoms with Crippen molar-refractivity contribution < 1.29 is 9.21 Å². The van der Waals surface area contributed by atoms with Gasteiger partial charge in [-0.25, -0.2) is 4.98 Å². The van der Waals surface area contributed by atoms with Crippen LogP contribution in [0.5, 0.6) is 0 Å². The van der Waals surface area contributed by atoms with Crippen LogP contribution in [0.25, 0.3) is 0 Å². The number of benzene rings is 1. The molecule has 2 aromatic rings. The van der Waals surface area contributed by atoms with Crippen molar-refractivity contribution in [2.45, 2.75) is 0 Å². The maximum atomic E-state index is 11.6. The van der Waals surface area contributed by atoms with Gasteiger partial charge in [0.25, 0.3) is 5.91 Å². The molecule has 0 aliphatic heterocycles. The molecule has 0 radical (unpaired) electrons. The summed E-state index contributed by atoms with van der Waals surface area (Å²) in [6.45, 7) is 0. The number of carbonyl (C=O) groups excluding carboxylic acids is 1. The Labute approximate surface area is 101 Å². The van der Waals surface area contributed by atoms with Gasteiger partial charge in [-0.2, -0.15) is 0 Å². The molecule has 0 aliphatic carbocycles. The van der Waals surface area contributed by atoms with Gasteiger partial charge < -0.3 is 9.73 Å². The normalized spacial score (nSPS) is 10.1. The fourth-order valence-electron chi connectivity index (χ4n) is 1.11. The Balaban J connectivity index is 2.22. The predicted octanol–water partition coefficient (Wildman–Crippen LogP) is 3.23. The number of aromatic nitrogens is 1. The summed E-state index contributed by atoms with van der Waals surface area (Å²) >= 11 is 11.7. The predicted molar refractivity (Wildman–Crippen MR) is 60.9 cm³/mol. The minimum Gasteiger partial charge on any atom is -0.451 e. The van der Waals surface area contributed by atoms with Gasteiger partial charge in [-0.05, 0) is 12.1 Å². The number of anilines is 1. The van der Waals surface area contributed by atoms with Gasteiger partial charge in [-0.1, -0.05) is 29.3 Å². The number of amides is 1. The summed E-state index contributed by atoms with van der Waals surface area (Å²) in [5.41, 5.74) is 0.609. The maximum absolute atomic E-state index is 11.6. The number of carbonyl (C=O) groups is 1. The highest BCUT2D eigenvalue weighted by Crippen LogP contribution is 2.29. The van der Waals surface area contributed by atoms with E-state index in [1.807, 2.05) is 0 Å². The zero-order valence-corrected chi connectivity index (χ0v) is 9.42. The molecule has 4 nitrogen and oxygen atoms in total. The molecule has 1 aromatic heterocycles.